The second-order valence-corrected chi connectivity index (χ2v) is 4.24. The smallest absolute Gasteiger partial charge is 0.267 e. The number of aromatic amines is 1. The lowest BCUT2D eigenvalue weighted by Gasteiger charge is -2.13. The van der Waals surface area contributed by atoms with Crippen LogP contribution in [0.4, 0.5) is 0 Å². The van der Waals surface area contributed by atoms with Crippen molar-refractivity contribution in [3.05, 3.63) is 23.1 Å². The summed E-state index contributed by atoms with van der Waals surface area (Å²) >= 11 is 0. The molecule has 1 aliphatic rings. The SMILES string of the molecule is NC(=O)c1[nH]nc2c1CCc1c-2cnn1CCO. The first kappa shape index (κ1) is 11.0. The minimum Gasteiger partial charge on any atom is -0.394 e. The summed E-state index contributed by atoms with van der Waals surface area (Å²) in [6.07, 6.45) is 3.19. The molecule has 0 aliphatic heterocycles. The predicted octanol–water partition coefficient (Wildman–Crippen LogP) is -0.537. The third-order valence-electron chi connectivity index (χ3n) is 3.24. The molecule has 0 radical (unpaired) electrons. The van der Waals surface area contributed by atoms with Gasteiger partial charge in [-0.3, -0.25) is 14.6 Å². The van der Waals surface area contributed by atoms with E-state index in [2.05, 4.69) is 15.3 Å². The molecular formula is C11H13N5O2. The summed E-state index contributed by atoms with van der Waals surface area (Å²) in [4.78, 5) is 11.3. The van der Waals surface area contributed by atoms with Gasteiger partial charge in [0.1, 0.15) is 5.69 Å². The number of H-pyrrole nitrogens is 1. The van der Waals surface area contributed by atoms with Crippen molar-refractivity contribution >= 4 is 5.91 Å². The Balaban J connectivity index is 2.10. The highest BCUT2D eigenvalue weighted by Crippen LogP contribution is 2.33. The molecule has 2 heterocycles. The Hall–Kier alpha value is -2.15. The zero-order valence-corrected chi connectivity index (χ0v) is 9.68. The van der Waals surface area contributed by atoms with Gasteiger partial charge in [0.15, 0.2) is 0 Å². The maximum atomic E-state index is 11.3. The number of carbonyl (C=O) groups is 1. The van der Waals surface area contributed by atoms with Crippen molar-refractivity contribution in [2.45, 2.75) is 19.4 Å². The first-order valence-electron chi connectivity index (χ1n) is 5.75. The van der Waals surface area contributed by atoms with E-state index in [1.807, 2.05) is 0 Å². The first-order valence-corrected chi connectivity index (χ1v) is 5.75. The maximum absolute atomic E-state index is 11.3. The van der Waals surface area contributed by atoms with Gasteiger partial charge in [-0.05, 0) is 12.8 Å². The number of nitrogens with zero attached hydrogens (tertiary/aromatic N) is 3. The zero-order valence-electron chi connectivity index (χ0n) is 9.68. The van der Waals surface area contributed by atoms with Crippen LogP contribution >= 0.6 is 0 Å². The summed E-state index contributed by atoms with van der Waals surface area (Å²) in [5, 5.41) is 20.0. The molecule has 1 amide bonds. The van der Waals surface area contributed by atoms with Gasteiger partial charge in [-0.25, -0.2) is 0 Å². The fraction of sp³-hybridized carbons (Fsp3) is 0.364. The van der Waals surface area contributed by atoms with Gasteiger partial charge in [-0.2, -0.15) is 10.2 Å². The largest absolute Gasteiger partial charge is 0.394 e. The van der Waals surface area contributed by atoms with Gasteiger partial charge in [0.25, 0.3) is 5.91 Å². The van der Waals surface area contributed by atoms with Crippen molar-refractivity contribution in [3.8, 4) is 11.3 Å². The zero-order chi connectivity index (χ0) is 12.7. The molecule has 0 aromatic carbocycles. The number of fused-ring (bicyclic) bond motifs is 3. The summed E-state index contributed by atoms with van der Waals surface area (Å²) in [7, 11) is 0. The van der Waals surface area contributed by atoms with Gasteiger partial charge in [0.2, 0.25) is 0 Å². The van der Waals surface area contributed by atoms with Crippen molar-refractivity contribution in [3.63, 3.8) is 0 Å². The van der Waals surface area contributed by atoms with E-state index in [1.54, 1.807) is 10.9 Å². The van der Waals surface area contributed by atoms with Crippen molar-refractivity contribution < 1.29 is 9.90 Å². The van der Waals surface area contributed by atoms with Crippen LogP contribution < -0.4 is 5.73 Å². The standard InChI is InChI=1S/C11H13N5O2/c12-11(18)10-6-1-2-8-7(9(6)14-15-10)5-13-16(8)3-4-17/h5,17H,1-4H2,(H2,12,18)(H,14,15). The molecule has 2 aromatic rings. The van der Waals surface area contributed by atoms with Crippen LogP contribution in [-0.2, 0) is 19.4 Å². The molecule has 0 saturated carbocycles. The Morgan fingerprint density at radius 1 is 1.56 bits per heavy atom. The van der Waals surface area contributed by atoms with Crippen LogP contribution in [0.3, 0.4) is 0 Å². The molecule has 2 aromatic heterocycles. The van der Waals surface area contributed by atoms with E-state index in [-0.39, 0.29) is 6.61 Å². The van der Waals surface area contributed by atoms with Crippen molar-refractivity contribution in [2.24, 2.45) is 5.73 Å². The number of hydrogen-bond acceptors (Lipinski definition) is 4. The Morgan fingerprint density at radius 3 is 3.11 bits per heavy atom. The highest BCUT2D eigenvalue weighted by molar-refractivity contribution is 5.94. The van der Waals surface area contributed by atoms with Crippen LogP contribution in [0.2, 0.25) is 0 Å². The lowest BCUT2D eigenvalue weighted by Crippen LogP contribution is -2.16. The van der Waals surface area contributed by atoms with Crippen LogP contribution in [0.5, 0.6) is 0 Å². The minimum absolute atomic E-state index is 0.0497. The average Bonchev–Trinajstić information content (AvgIpc) is 2.92. The summed E-state index contributed by atoms with van der Waals surface area (Å²) in [5.41, 5.74) is 9.23. The number of nitrogens with two attached hydrogens (primary N) is 1. The molecule has 94 valence electrons. The summed E-state index contributed by atoms with van der Waals surface area (Å²) in [6.45, 7) is 0.520. The molecule has 0 fully saturated rings. The molecule has 0 atom stereocenters. The van der Waals surface area contributed by atoms with Crippen LogP contribution in [0.1, 0.15) is 21.7 Å². The van der Waals surface area contributed by atoms with E-state index in [9.17, 15) is 4.79 Å². The summed E-state index contributed by atoms with van der Waals surface area (Å²) < 4.78 is 1.77. The normalized spacial score (nSPS) is 13.2. The van der Waals surface area contributed by atoms with E-state index >= 15 is 0 Å². The fourth-order valence-electron chi connectivity index (χ4n) is 2.44. The van der Waals surface area contributed by atoms with Crippen molar-refractivity contribution in [2.75, 3.05) is 6.61 Å². The van der Waals surface area contributed by atoms with Crippen molar-refractivity contribution in [1.29, 1.82) is 0 Å². The number of nitrogens with one attached hydrogen (secondary N) is 1. The minimum atomic E-state index is -0.491. The number of aliphatic hydroxyl groups excluding tert-OH is 1. The number of aliphatic hydroxyl groups is 1. The number of primary amides is 1. The Kier molecular flexibility index (Phi) is 2.41. The highest BCUT2D eigenvalue weighted by atomic mass is 16.3. The topological polar surface area (TPSA) is 110 Å². The first-order chi connectivity index (χ1) is 8.72. The number of amides is 1. The number of carbonyl (C=O) groups excluding carboxylic acids is 1. The molecule has 0 bridgehead atoms. The molecule has 3 rings (SSSR count). The van der Waals surface area contributed by atoms with Gasteiger partial charge in [0, 0.05) is 16.8 Å². The Morgan fingerprint density at radius 2 is 2.39 bits per heavy atom. The lowest BCUT2D eigenvalue weighted by atomic mass is 9.94. The van der Waals surface area contributed by atoms with E-state index in [1.165, 1.54) is 0 Å². The van der Waals surface area contributed by atoms with E-state index < -0.39 is 5.91 Å². The molecular weight excluding hydrogens is 234 g/mol. The third kappa shape index (κ3) is 1.44. The number of aromatic nitrogens is 4. The average molecular weight is 247 g/mol. The van der Waals surface area contributed by atoms with Crippen LogP contribution in [0, 0.1) is 0 Å². The van der Waals surface area contributed by atoms with Gasteiger partial charge < -0.3 is 10.8 Å². The molecule has 7 nitrogen and oxygen atoms in total. The van der Waals surface area contributed by atoms with Gasteiger partial charge in [-0.15, -0.1) is 0 Å². The number of hydrogen-bond donors (Lipinski definition) is 3. The summed E-state index contributed by atoms with van der Waals surface area (Å²) in [6, 6.07) is 0. The second kappa shape index (κ2) is 3.95. The van der Waals surface area contributed by atoms with Crippen LogP contribution in [0.25, 0.3) is 11.3 Å². The monoisotopic (exact) mass is 247 g/mol. The summed E-state index contributed by atoms with van der Waals surface area (Å²) in [5.74, 6) is -0.491. The molecule has 1 aliphatic carbocycles. The molecule has 7 heteroatoms. The lowest BCUT2D eigenvalue weighted by molar-refractivity contribution is 0.0994. The molecule has 0 unspecified atom stereocenters. The van der Waals surface area contributed by atoms with Crippen LogP contribution in [-0.4, -0.2) is 37.6 Å². The van der Waals surface area contributed by atoms with Gasteiger partial charge >= 0.3 is 0 Å². The quantitative estimate of drug-likeness (QED) is 0.676. The second-order valence-electron chi connectivity index (χ2n) is 4.24. The van der Waals surface area contributed by atoms with E-state index in [4.69, 9.17) is 10.8 Å². The van der Waals surface area contributed by atoms with Gasteiger partial charge in [0.05, 0.1) is 25.0 Å². The molecule has 0 spiro atoms. The van der Waals surface area contributed by atoms with Crippen LogP contribution in [0.15, 0.2) is 6.20 Å². The maximum Gasteiger partial charge on any atom is 0.267 e. The fourth-order valence-corrected chi connectivity index (χ4v) is 2.44. The van der Waals surface area contributed by atoms with Crippen molar-refractivity contribution in [1.82, 2.24) is 20.0 Å². The molecule has 18 heavy (non-hydrogen) atoms. The Bertz CT molecular complexity index is 613. The van der Waals surface area contributed by atoms with Gasteiger partial charge in [-0.1, -0.05) is 0 Å². The van der Waals surface area contributed by atoms with E-state index in [0.29, 0.717) is 18.7 Å². The molecule has 0 saturated heterocycles. The Labute approximate surface area is 103 Å². The predicted molar refractivity (Wildman–Crippen MR) is 62.8 cm³/mol. The number of rotatable bonds is 3. The highest BCUT2D eigenvalue weighted by Gasteiger charge is 2.26. The third-order valence-corrected chi connectivity index (χ3v) is 3.24. The molecule has 4 N–H and O–H groups in total. The van der Waals surface area contributed by atoms with E-state index in [0.717, 1.165) is 28.9 Å².